The van der Waals surface area contributed by atoms with Crippen molar-refractivity contribution in [1.29, 1.82) is 5.26 Å². The first kappa shape index (κ1) is 16.3. The molecule has 1 heterocycles. The highest BCUT2D eigenvalue weighted by molar-refractivity contribution is 5.78. The maximum Gasteiger partial charge on any atom is 0.247 e. The molecule has 0 aromatic heterocycles. The fraction of sp³-hybridized carbons (Fsp3) is 0.467. The number of hydrogen-bond acceptors (Lipinski definition) is 4. The van der Waals surface area contributed by atoms with Crippen LogP contribution in [0.2, 0.25) is 0 Å². The molecule has 0 aliphatic carbocycles. The van der Waals surface area contributed by atoms with E-state index >= 15 is 0 Å². The number of ether oxygens (including phenoxy) is 2. The lowest BCUT2D eigenvalue weighted by molar-refractivity contribution is -0.127. The van der Waals surface area contributed by atoms with Crippen LogP contribution in [0.25, 0.3) is 0 Å². The zero-order valence-electron chi connectivity index (χ0n) is 11.9. The van der Waals surface area contributed by atoms with Crippen LogP contribution in [0.3, 0.4) is 0 Å². The Hall–Kier alpha value is -2.04. The highest BCUT2D eigenvalue weighted by atomic mass is 19.1. The second-order valence-electron chi connectivity index (χ2n) is 4.95. The monoisotopic (exact) mass is 310 g/mol. The topological polar surface area (TPSA) is 71.4 Å². The summed E-state index contributed by atoms with van der Waals surface area (Å²) in [5.74, 6) is -2.18. The number of hydrogen-bond donors (Lipinski definition) is 1. The molecule has 1 aromatic carbocycles. The maximum absolute atomic E-state index is 13.6. The molecule has 1 aliphatic heterocycles. The predicted molar refractivity (Wildman–Crippen MR) is 72.6 cm³/mol. The lowest BCUT2D eigenvalue weighted by Crippen LogP contribution is -2.32. The number of carbonyl (C=O) groups excluding carboxylic acids is 1. The minimum Gasteiger partial charge on any atom is -0.376 e. The van der Waals surface area contributed by atoms with Gasteiger partial charge in [-0.2, -0.15) is 5.26 Å². The van der Waals surface area contributed by atoms with E-state index in [9.17, 15) is 13.6 Å². The molecule has 2 atom stereocenters. The predicted octanol–water partition coefficient (Wildman–Crippen LogP) is 1.84. The van der Waals surface area contributed by atoms with Crippen molar-refractivity contribution >= 4 is 5.91 Å². The first-order chi connectivity index (χ1) is 10.6. The van der Waals surface area contributed by atoms with Gasteiger partial charge in [-0.3, -0.25) is 4.79 Å². The number of carbonyl (C=O) groups is 1. The van der Waals surface area contributed by atoms with E-state index in [1.165, 1.54) is 0 Å². The van der Waals surface area contributed by atoms with Crippen molar-refractivity contribution in [2.75, 3.05) is 19.8 Å². The van der Waals surface area contributed by atoms with Crippen molar-refractivity contribution in [1.82, 2.24) is 5.32 Å². The Kier molecular flexibility index (Phi) is 5.81. The molecular weight excluding hydrogens is 294 g/mol. The molecule has 5 nitrogen and oxygen atoms in total. The van der Waals surface area contributed by atoms with Gasteiger partial charge in [0, 0.05) is 18.2 Å². The number of amides is 1. The average molecular weight is 310 g/mol. The summed E-state index contributed by atoms with van der Waals surface area (Å²) in [6.07, 6.45) is 1.86. The van der Waals surface area contributed by atoms with Gasteiger partial charge in [-0.25, -0.2) is 8.78 Å². The first-order valence-electron chi connectivity index (χ1n) is 6.93. The summed E-state index contributed by atoms with van der Waals surface area (Å²) in [6.45, 7) is 0.747. The van der Waals surface area contributed by atoms with Crippen molar-refractivity contribution in [3.05, 3.63) is 35.4 Å². The maximum atomic E-state index is 13.6. The van der Waals surface area contributed by atoms with Crippen LogP contribution in [0.5, 0.6) is 0 Å². The molecule has 2 rings (SSSR count). The molecule has 118 valence electrons. The summed E-state index contributed by atoms with van der Waals surface area (Å²) in [7, 11) is 0. The van der Waals surface area contributed by atoms with E-state index in [1.807, 2.05) is 0 Å². The molecule has 1 N–H and O–H groups in total. The highest BCUT2D eigenvalue weighted by Gasteiger charge is 2.19. The summed E-state index contributed by atoms with van der Waals surface area (Å²) in [6, 6.07) is 3.40. The highest BCUT2D eigenvalue weighted by Crippen LogP contribution is 2.17. The van der Waals surface area contributed by atoms with Gasteiger partial charge < -0.3 is 14.8 Å². The third-order valence-corrected chi connectivity index (χ3v) is 3.27. The van der Waals surface area contributed by atoms with Gasteiger partial charge in [-0.05, 0) is 18.9 Å². The minimum absolute atomic E-state index is 0.00546. The van der Waals surface area contributed by atoms with E-state index in [1.54, 1.807) is 6.07 Å². The van der Waals surface area contributed by atoms with E-state index < -0.39 is 23.6 Å². The van der Waals surface area contributed by atoms with Crippen LogP contribution in [0, 0.1) is 23.0 Å². The van der Waals surface area contributed by atoms with E-state index in [2.05, 4.69) is 5.32 Å². The third-order valence-electron chi connectivity index (χ3n) is 3.27. The molecule has 1 aromatic rings. The Balaban J connectivity index is 1.84. The van der Waals surface area contributed by atoms with Crippen LogP contribution >= 0.6 is 0 Å². The second-order valence-corrected chi connectivity index (χ2v) is 4.95. The molecule has 1 aliphatic rings. The van der Waals surface area contributed by atoms with Gasteiger partial charge in [0.2, 0.25) is 5.91 Å². The van der Waals surface area contributed by atoms with Crippen molar-refractivity contribution in [2.45, 2.75) is 25.0 Å². The van der Waals surface area contributed by atoms with E-state index in [0.29, 0.717) is 19.3 Å². The number of benzene rings is 1. The number of nitrogens with zero attached hydrogens (tertiary/aromatic N) is 1. The lowest BCUT2D eigenvalue weighted by Gasteiger charge is -2.14. The molecule has 0 spiro atoms. The SMILES string of the molecule is N#C[C@@H](NC(=O)COC[C@@H]1CCCO1)c1ccc(F)cc1F. The zero-order valence-corrected chi connectivity index (χ0v) is 11.9. The van der Waals surface area contributed by atoms with Gasteiger partial charge in [-0.1, -0.05) is 6.07 Å². The van der Waals surface area contributed by atoms with Gasteiger partial charge >= 0.3 is 0 Å². The Morgan fingerprint density at radius 2 is 2.36 bits per heavy atom. The van der Waals surface area contributed by atoms with Crippen LogP contribution in [-0.4, -0.2) is 31.8 Å². The fourth-order valence-electron chi connectivity index (χ4n) is 2.18. The Morgan fingerprint density at radius 1 is 1.55 bits per heavy atom. The summed E-state index contributed by atoms with van der Waals surface area (Å²) >= 11 is 0. The molecule has 0 unspecified atom stereocenters. The normalized spacial score (nSPS) is 18.7. The van der Waals surface area contributed by atoms with Crippen LogP contribution in [0.1, 0.15) is 24.4 Å². The van der Waals surface area contributed by atoms with Crippen LogP contribution < -0.4 is 5.32 Å². The summed E-state index contributed by atoms with van der Waals surface area (Å²) in [4.78, 5) is 11.7. The largest absolute Gasteiger partial charge is 0.376 e. The number of rotatable bonds is 6. The van der Waals surface area contributed by atoms with Gasteiger partial charge in [-0.15, -0.1) is 0 Å². The number of nitrogens with one attached hydrogen (secondary N) is 1. The molecule has 0 radical (unpaired) electrons. The van der Waals surface area contributed by atoms with E-state index in [-0.39, 0.29) is 18.3 Å². The molecule has 0 bridgehead atoms. The van der Waals surface area contributed by atoms with Crippen LogP contribution in [-0.2, 0) is 14.3 Å². The van der Waals surface area contributed by atoms with Gasteiger partial charge in [0.1, 0.15) is 24.3 Å². The van der Waals surface area contributed by atoms with Crippen molar-refractivity contribution in [3.63, 3.8) is 0 Å². The smallest absolute Gasteiger partial charge is 0.247 e. The lowest BCUT2D eigenvalue weighted by atomic mass is 10.1. The third kappa shape index (κ3) is 4.48. The fourth-order valence-corrected chi connectivity index (χ4v) is 2.18. The van der Waals surface area contributed by atoms with Gasteiger partial charge in [0.05, 0.1) is 18.8 Å². The number of halogens is 2. The Bertz CT molecular complexity index is 568. The zero-order chi connectivity index (χ0) is 15.9. The van der Waals surface area contributed by atoms with Crippen molar-refractivity contribution in [3.8, 4) is 6.07 Å². The second kappa shape index (κ2) is 7.82. The molecular formula is C15H16F2N2O3. The number of nitriles is 1. The molecule has 7 heteroatoms. The summed E-state index contributed by atoms with van der Waals surface area (Å²) < 4.78 is 37.0. The first-order valence-corrected chi connectivity index (χ1v) is 6.93. The van der Waals surface area contributed by atoms with Crippen molar-refractivity contribution < 1.29 is 23.0 Å². The minimum atomic E-state index is -1.19. The molecule has 22 heavy (non-hydrogen) atoms. The Labute approximate surface area is 126 Å². The van der Waals surface area contributed by atoms with Gasteiger partial charge in [0.15, 0.2) is 0 Å². The van der Waals surface area contributed by atoms with Crippen molar-refractivity contribution in [2.24, 2.45) is 0 Å². The summed E-state index contributed by atoms with van der Waals surface area (Å²) in [5.41, 5.74) is -0.0867. The molecule has 1 fully saturated rings. The van der Waals surface area contributed by atoms with E-state index in [4.69, 9.17) is 14.7 Å². The standard InChI is InChI=1S/C15H16F2N2O3/c16-10-3-4-12(13(17)6-10)14(7-18)19-15(20)9-21-8-11-2-1-5-22-11/h3-4,6,11,14H,1-2,5,8-9H2,(H,19,20)/t11-,14+/m0/s1. The average Bonchev–Trinajstić information content (AvgIpc) is 2.98. The van der Waals surface area contributed by atoms with Crippen LogP contribution in [0.15, 0.2) is 18.2 Å². The molecule has 0 saturated carbocycles. The molecule has 1 saturated heterocycles. The quantitative estimate of drug-likeness (QED) is 0.870. The van der Waals surface area contributed by atoms with Crippen LogP contribution in [0.4, 0.5) is 8.78 Å². The Morgan fingerprint density at radius 3 is 3.00 bits per heavy atom. The molecule has 1 amide bonds. The summed E-state index contributed by atoms with van der Waals surface area (Å²) in [5, 5.41) is 11.4. The van der Waals surface area contributed by atoms with E-state index in [0.717, 1.165) is 25.0 Å². The van der Waals surface area contributed by atoms with Gasteiger partial charge in [0.25, 0.3) is 0 Å².